The highest BCUT2D eigenvalue weighted by molar-refractivity contribution is 9.10. The van der Waals surface area contributed by atoms with E-state index in [4.69, 9.17) is 4.74 Å². The zero-order chi connectivity index (χ0) is 13.4. The number of rotatable bonds is 1. The second kappa shape index (κ2) is 4.83. The molecule has 1 aliphatic heterocycles. The van der Waals surface area contributed by atoms with Gasteiger partial charge in [0.25, 0.3) is 0 Å². The van der Waals surface area contributed by atoms with E-state index >= 15 is 0 Å². The molecular formula is C14H12BrNO3. The van der Waals surface area contributed by atoms with Gasteiger partial charge in [-0.25, -0.2) is 0 Å². The largest absolute Gasteiger partial charge is 0.503 e. The molecule has 0 radical (unpaired) electrons. The maximum absolute atomic E-state index is 11.6. The van der Waals surface area contributed by atoms with Gasteiger partial charge >= 0.3 is 0 Å². The number of pyridine rings is 1. The van der Waals surface area contributed by atoms with Crippen LogP contribution in [0.15, 0.2) is 45.8 Å². The third kappa shape index (κ3) is 2.19. The standard InChI is InChI=1S/C14H12BrNO3/c15-10-3-1-9(2-4-10)14-12-13(18)11(17)5-6-16(12)7-8-19-14/h1-6,14,18H,7-8H2. The van der Waals surface area contributed by atoms with Gasteiger partial charge in [0.1, 0.15) is 6.10 Å². The van der Waals surface area contributed by atoms with E-state index in [-0.39, 0.29) is 11.2 Å². The monoisotopic (exact) mass is 321 g/mol. The first-order valence-electron chi connectivity index (χ1n) is 5.96. The molecule has 0 saturated heterocycles. The Kier molecular flexibility index (Phi) is 3.16. The Labute approximate surface area is 118 Å². The van der Waals surface area contributed by atoms with E-state index in [0.717, 1.165) is 10.0 Å². The van der Waals surface area contributed by atoms with E-state index in [2.05, 4.69) is 15.9 Å². The molecule has 2 heterocycles. The van der Waals surface area contributed by atoms with Crippen LogP contribution in [0.1, 0.15) is 17.4 Å². The van der Waals surface area contributed by atoms with E-state index < -0.39 is 6.10 Å². The molecule has 0 bridgehead atoms. The van der Waals surface area contributed by atoms with Gasteiger partial charge in [0.2, 0.25) is 5.43 Å². The molecule has 2 aromatic rings. The average Bonchev–Trinajstić information content (AvgIpc) is 2.43. The van der Waals surface area contributed by atoms with Gasteiger partial charge in [-0.1, -0.05) is 28.1 Å². The number of fused-ring (bicyclic) bond motifs is 1. The summed E-state index contributed by atoms with van der Waals surface area (Å²) in [5.41, 5.74) is 1.07. The lowest BCUT2D eigenvalue weighted by Gasteiger charge is -2.28. The summed E-state index contributed by atoms with van der Waals surface area (Å²) in [7, 11) is 0. The number of hydrogen-bond acceptors (Lipinski definition) is 3. The molecule has 1 atom stereocenters. The van der Waals surface area contributed by atoms with Crippen molar-refractivity contribution in [2.24, 2.45) is 0 Å². The molecule has 0 spiro atoms. The normalized spacial score (nSPS) is 18.1. The molecular weight excluding hydrogens is 310 g/mol. The Balaban J connectivity index is 2.14. The summed E-state index contributed by atoms with van der Waals surface area (Å²) in [6.45, 7) is 1.19. The predicted octanol–water partition coefficient (Wildman–Crippen LogP) is 2.44. The molecule has 4 nitrogen and oxygen atoms in total. The van der Waals surface area contributed by atoms with E-state index in [9.17, 15) is 9.90 Å². The Morgan fingerprint density at radius 1 is 1.26 bits per heavy atom. The first-order valence-corrected chi connectivity index (χ1v) is 6.75. The zero-order valence-corrected chi connectivity index (χ0v) is 11.6. The van der Waals surface area contributed by atoms with Crippen LogP contribution in [0.4, 0.5) is 0 Å². The van der Waals surface area contributed by atoms with Crippen LogP contribution >= 0.6 is 15.9 Å². The van der Waals surface area contributed by atoms with Gasteiger partial charge in [-0.2, -0.15) is 0 Å². The zero-order valence-electron chi connectivity index (χ0n) is 10.0. The summed E-state index contributed by atoms with van der Waals surface area (Å²) < 4.78 is 8.57. The van der Waals surface area contributed by atoms with Crippen LogP contribution in [0, 0.1) is 0 Å². The predicted molar refractivity (Wildman–Crippen MR) is 74.3 cm³/mol. The first-order chi connectivity index (χ1) is 9.16. The van der Waals surface area contributed by atoms with Crippen molar-refractivity contribution in [3.05, 3.63) is 62.5 Å². The smallest absolute Gasteiger partial charge is 0.223 e. The van der Waals surface area contributed by atoms with Gasteiger partial charge in [0.15, 0.2) is 5.75 Å². The molecule has 98 valence electrons. The highest BCUT2D eigenvalue weighted by Gasteiger charge is 2.26. The fraction of sp³-hybridized carbons (Fsp3) is 0.214. The van der Waals surface area contributed by atoms with Gasteiger partial charge in [0.05, 0.1) is 12.3 Å². The quantitative estimate of drug-likeness (QED) is 0.877. The minimum Gasteiger partial charge on any atom is -0.503 e. The molecule has 1 N–H and O–H groups in total. The van der Waals surface area contributed by atoms with Crippen LogP contribution in [0.5, 0.6) is 5.75 Å². The van der Waals surface area contributed by atoms with Crippen molar-refractivity contribution in [3.63, 3.8) is 0 Å². The average molecular weight is 322 g/mol. The van der Waals surface area contributed by atoms with Crippen molar-refractivity contribution in [1.29, 1.82) is 0 Å². The van der Waals surface area contributed by atoms with Crippen LogP contribution in [0.2, 0.25) is 0 Å². The lowest BCUT2D eigenvalue weighted by atomic mass is 10.0. The molecule has 0 aliphatic carbocycles. The van der Waals surface area contributed by atoms with Crippen LogP contribution in [-0.4, -0.2) is 16.3 Å². The molecule has 0 fully saturated rings. The molecule has 1 aromatic heterocycles. The second-order valence-corrected chi connectivity index (χ2v) is 5.33. The van der Waals surface area contributed by atoms with Crippen LogP contribution in [0.25, 0.3) is 0 Å². The summed E-state index contributed by atoms with van der Waals surface area (Å²) in [4.78, 5) is 11.6. The summed E-state index contributed by atoms with van der Waals surface area (Å²) >= 11 is 3.38. The fourth-order valence-electron chi connectivity index (χ4n) is 2.29. The van der Waals surface area contributed by atoms with Gasteiger partial charge in [-0.05, 0) is 17.7 Å². The van der Waals surface area contributed by atoms with Crippen molar-refractivity contribution in [2.75, 3.05) is 6.61 Å². The molecule has 3 rings (SSSR count). The molecule has 1 unspecified atom stereocenters. The van der Waals surface area contributed by atoms with E-state index in [1.165, 1.54) is 6.07 Å². The summed E-state index contributed by atoms with van der Waals surface area (Å²) in [6, 6.07) is 9.04. The Morgan fingerprint density at radius 3 is 2.74 bits per heavy atom. The van der Waals surface area contributed by atoms with Crippen LogP contribution < -0.4 is 5.43 Å². The van der Waals surface area contributed by atoms with Gasteiger partial charge in [0, 0.05) is 23.3 Å². The number of halogens is 1. The Hall–Kier alpha value is -1.59. The summed E-state index contributed by atoms with van der Waals surface area (Å²) in [6.07, 6.45) is 1.29. The molecule has 1 aliphatic rings. The van der Waals surface area contributed by atoms with Gasteiger partial charge in [-0.3, -0.25) is 4.79 Å². The fourth-order valence-corrected chi connectivity index (χ4v) is 2.55. The number of aromatic nitrogens is 1. The molecule has 19 heavy (non-hydrogen) atoms. The number of aromatic hydroxyl groups is 1. The van der Waals surface area contributed by atoms with Crippen LogP contribution in [0.3, 0.4) is 0 Å². The minimum atomic E-state index is -0.407. The molecule has 0 saturated carbocycles. The summed E-state index contributed by atoms with van der Waals surface area (Å²) in [5.74, 6) is -0.227. The minimum absolute atomic E-state index is 0.227. The highest BCUT2D eigenvalue weighted by Crippen LogP contribution is 2.33. The lowest BCUT2D eigenvalue weighted by molar-refractivity contribution is 0.0428. The maximum Gasteiger partial charge on any atom is 0.223 e. The first kappa shape index (κ1) is 12.4. The Morgan fingerprint density at radius 2 is 2.00 bits per heavy atom. The summed E-state index contributed by atoms with van der Waals surface area (Å²) in [5, 5.41) is 10.0. The molecule has 1 aromatic carbocycles. The van der Waals surface area contributed by atoms with Crippen molar-refractivity contribution in [3.8, 4) is 5.75 Å². The van der Waals surface area contributed by atoms with E-state index in [0.29, 0.717) is 18.8 Å². The van der Waals surface area contributed by atoms with Gasteiger partial charge in [-0.15, -0.1) is 0 Å². The second-order valence-electron chi connectivity index (χ2n) is 4.41. The van der Waals surface area contributed by atoms with Crippen molar-refractivity contribution in [2.45, 2.75) is 12.6 Å². The van der Waals surface area contributed by atoms with Crippen molar-refractivity contribution < 1.29 is 9.84 Å². The SMILES string of the molecule is O=c1ccn2c(c1O)C(c1ccc(Br)cc1)OCC2. The third-order valence-corrected chi connectivity index (χ3v) is 3.76. The molecule has 0 amide bonds. The van der Waals surface area contributed by atoms with Crippen molar-refractivity contribution in [1.82, 2.24) is 4.57 Å². The van der Waals surface area contributed by atoms with E-state index in [1.54, 1.807) is 6.20 Å². The lowest BCUT2D eigenvalue weighted by Crippen LogP contribution is -2.26. The number of nitrogens with zero attached hydrogens (tertiary/aromatic N) is 1. The number of benzene rings is 1. The number of hydrogen-bond donors (Lipinski definition) is 1. The topological polar surface area (TPSA) is 51.5 Å². The van der Waals surface area contributed by atoms with Crippen LogP contribution in [-0.2, 0) is 11.3 Å². The van der Waals surface area contributed by atoms with E-state index in [1.807, 2.05) is 28.8 Å². The van der Waals surface area contributed by atoms with Gasteiger partial charge < -0.3 is 14.4 Å². The highest BCUT2D eigenvalue weighted by atomic mass is 79.9. The van der Waals surface area contributed by atoms with Crippen molar-refractivity contribution >= 4 is 15.9 Å². The number of ether oxygens (including phenoxy) is 1. The third-order valence-electron chi connectivity index (χ3n) is 3.23. The maximum atomic E-state index is 11.6. The Bertz CT molecular complexity index is 663. The molecule has 5 heteroatoms.